The van der Waals surface area contributed by atoms with Gasteiger partial charge in [-0.2, -0.15) is 15.0 Å². The molecule has 27 nitrogen and oxygen atoms in total. The molecule has 1 fully saturated rings. The van der Waals surface area contributed by atoms with Crippen LogP contribution in [-0.4, -0.2) is 243 Å². The molecule has 5 rings (SSSR count). The number of likely N-dealkylation sites (N-methyl/N-ethyl adjacent to an activating group) is 4. The van der Waals surface area contributed by atoms with Crippen LogP contribution in [0.2, 0.25) is 0 Å². The summed E-state index contributed by atoms with van der Waals surface area (Å²) >= 11 is 0. The van der Waals surface area contributed by atoms with E-state index in [1.165, 1.54) is 18.2 Å². The lowest BCUT2D eigenvalue weighted by Gasteiger charge is -2.36. The lowest BCUT2D eigenvalue weighted by Crippen LogP contribution is -2.51. The number of urea groups is 1. The number of aliphatic carboxylic acids is 3. The molecule has 0 aliphatic carbocycles. The molecular weight excluding hydrogens is 1160 g/mol. The first-order chi connectivity index (χ1) is 43.0. The molecule has 0 bridgehead atoms. The van der Waals surface area contributed by atoms with Crippen LogP contribution in [0.5, 0.6) is 0 Å². The largest absolute Gasteiger partial charge is 0.511 e. The number of carboxylic acids is 3. The van der Waals surface area contributed by atoms with Gasteiger partial charge in [0.1, 0.15) is 35.0 Å². The van der Waals surface area contributed by atoms with Crippen LogP contribution in [0.15, 0.2) is 90.1 Å². The Hall–Kier alpha value is -7.82. The second kappa shape index (κ2) is 38.0. The highest BCUT2D eigenvalue weighted by molar-refractivity contribution is 5.86. The number of unbranched alkanes of at least 4 members (excludes halogenated alkanes) is 5. The number of piperazine rings is 1. The van der Waals surface area contributed by atoms with Crippen molar-refractivity contribution in [3.63, 3.8) is 0 Å². The SMILES string of the molecule is CCN(CC)CC(O)OC1(/C=C(/O)CN(C)C(C)Cc2ccc(Nc3nc(NCCCCCCCC(=O)NCCCC[C@H](NC(=O)N[C@@H](CCC(=O)O)C(=O)O)C(=O)O)nc(N4CCN(c5ccccc5)CC4)n3)cc2)C=C(O)CN(C)CCN(C)C/C(O)=C\1. The highest BCUT2D eigenvalue weighted by atomic mass is 16.6. The molecule has 2 aliphatic rings. The minimum atomic E-state index is -1.70. The van der Waals surface area contributed by atoms with Gasteiger partial charge in [-0.1, -0.05) is 63.4 Å². The number of carboxylic acid groups (broad SMARTS) is 3. The zero-order chi connectivity index (χ0) is 65.6. The number of hydrogen-bond donors (Lipinski definition) is 12. The molecule has 0 spiro atoms. The van der Waals surface area contributed by atoms with Crippen molar-refractivity contribution in [2.24, 2.45) is 0 Å². The van der Waals surface area contributed by atoms with Crippen LogP contribution in [0, 0.1) is 0 Å². The van der Waals surface area contributed by atoms with Gasteiger partial charge in [-0.3, -0.25) is 29.2 Å². The van der Waals surface area contributed by atoms with Crippen LogP contribution in [0.25, 0.3) is 0 Å². The summed E-state index contributed by atoms with van der Waals surface area (Å²) in [4.78, 5) is 85.7. The normalized spacial score (nSPS) is 18.3. The Bertz CT molecular complexity index is 2770. The van der Waals surface area contributed by atoms with E-state index in [4.69, 9.17) is 24.8 Å². The van der Waals surface area contributed by atoms with Crippen molar-refractivity contribution in [2.75, 3.05) is 133 Å². The van der Waals surface area contributed by atoms with Crippen LogP contribution in [-0.2, 0) is 30.3 Å². The number of carbonyl (C=O) groups excluding carboxylic acids is 2. The molecule has 27 heteroatoms. The van der Waals surface area contributed by atoms with Gasteiger partial charge in [-0.15, -0.1) is 0 Å². The third kappa shape index (κ3) is 26.7. The molecule has 5 atom stereocenters. The maximum Gasteiger partial charge on any atom is 0.326 e. The monoisotopic (exact) mass is 1260 g/mol. The number of aliphatic hydroxyl groups excluding tert-OH is 4. The van der Waals surface area contributed by atoms with Gasteiger partial charge in [-0.05, 0) is 134 Å². The molecule has 3 heterocycles. The van der Waals surface area contributed by atoms with Gasteiger partial charge < -0.3 is 76.9 Å². The maximum atomic E-state index is 12.5. The maximum absolute atomic E-state index is 12.5. The highest BCUT2D eigenvalue weighted by Crippen LogP contribution is 2.27. The first kappa shape index (κ1) is 72.9. The molecule has 1 aromatic heterocycles. The van der Waals surface area contributed by atoms with Gasteiger partial charge in [0.2, 0.25) is 23.8 Å². The lowest BCUT2D eigenvalue weighted by atomic mass is 9.98. The van der Waals surface area contributed by atoms with Gasteiger partial charge in [-0.25, -0.2) is 14.4 Å². The molecule has 3 unspecified atom stereocenters. The zero-order valence-corrected chi connectivity index (χ0v) is 53.2. The predicted molar refractivity (Wildman–Crippen MR) is 345 cm³/mol. The quantitative estimate of drug-likeness (QED) is 0.0192. The number of carbonyl (C=O) groups is 5. The molecule has 90 heavy (non-hydrogen) atoms. The van der Waals surface area contributed by atoms with Gasteiger partial charge >= 0.3 is 23.9 Å². The molecule has 12 N–H and O–H groups in total. The van der Waals surface area contributed by atoms with Crippen molar-refractivity contribution in [3.05, 3.63) is 95.7 Å². The van der Waals surface area contributed by atoms with Crippen molar-refractivity contribution in [1.29, 1.82) is 0 Å². The standard InChI is InChI=1S/C63H98N14O13/c1-7-75(8-2)44-56(84)90-63(38-49(78)41-72(4)31-32-73(5)42-50(79)39-63)40-51(80)43-74(6)45(3)37-46-23-25-47(26-24-46)66-60-69-59(70-61(71-60)77-35-33-76(34-36-77)48-19-13-12-14-20-48)65-30-17-11-9-10-15-22-54(81)64-29-18-16-21-52(57(85)86)67-62(89)68-53(58(87)88)27-28-55(82)83/h12-14,19-20,23-26,38-40,45,52-53,56,78-80,84H,7-11,15-18,21-22,27-37,41-44H2,1-6H3,(H,64,81)(H,82,83)(H,85,86)(H,87,88)(H2,67,68,89)(H2,65,66,69,70,71)/b49-38+,50-39?,51-40+/t45?,52-,53-,56?,63?/m0/s1. The highest BCUT2D eigenvalue weighted by Gasteiger charge is 2.33. The van der Waals surface area contributed by atoms with Crippen molar-refractivity contribution >= 4 is 59.1 Å². The minimum Gasteiger partial charge on any atom is -0.511 e. The van der Waals surface area contributed by atoms with Gasteiger partial charge in [0.05, 0.1) is 19.6 Å². The molecule has 1 saturated heterocycles. The average Bonchev–Trinajstić information content (AvgIpc) is 1.07. The summed E-state index contributed by atoms with van der Waals surface area (Å²) in [6.45, 7) is 13.2. The number of nitrogens with one attached hydrogen (secondary N) is 5. The van der Waals surface area contributed by atoms with Crippen molar-refractivity contribution in [3.8, 4) is 0 Å². The van der Waals surface area contributed by atoms with Gasteiger partial charge in [0.15, 0.2) is 6.29 Å². The van der Waals surface area contributed by atoms with E-state index in [1.54, 1.807) is 0 Å². The number of aromatic nitrogens is 3. The van der Waals surface area contributed by atoms with Gasteiger partial charge in [0.25, 0.3) is 0 Å². The van der Waals surface area contributed by atoms with Crippen molar-refractivity contribution < 1.29 is 64.5 Å². The van der Waals surface area contributed by atoms with E-state index < -0.39 is 54.3 Å². The Balaban J connectivity index is 1.13. The fraction of sp³-hybridized carbons (Fsp3) is 0.587. The number of amides is 3. The topological polar surface area (TPSA) is 354 Å². The van der Waals surface area contributed by atoms with E-state index >= 15 is 0 Å². The molecule has 2 aromatic carbocycles. The first-order valence-electron chi connectivity index (χ1n) is 31.3. The molecule has 2 aliphatic heterocycles. The number of ether oxygens (including phenoxy) is 1. The first-order valence-corrected chi connectivity index (χ1v) is 31.3. The average molecular weight is 1260 g/mol. The van der Waals surface area contributed by atoms with Crippen LogP contribution < -0.4 is 36.4 Å². The Morgan fingerprint density at radius 3 is 1.89 bits per heavy atom. The van der Waals surface area contributed by atoms with E-state index in [0.29, 0.717) is 102 Å². The number of para-hydroxylation sites is 1. The number of anilines is 5. The molecule has 3 aromatic rings. The Morgan fingerprint density at radius 2 is 1.28 bits per heavy atom. The van der Waals surface area contributed by atoms with E-state index in [2.05, 4.69) is 55.4 Å². The lowest BCUT2D eigenvalue weighted by molar-refractivity contribution is -0.146. The summed E-state index contributed by atoms with van der Waals surface area (Å²) in [7, 11) is 5.66. The fourth-order valence-electron chi connectivity index (χ4n) is 10.5. The van der Waals surface area contributed by atoms with Gasteiger partial charge in [0, 0.05) is 89.2 Å². The number of rotatable bonds is 37. The van der Waals surface area contributed by atoms with Crippen molar-refractivity contribution in [1.82, 2.24) is 50.5 Å². The van der Waals surface area contributed by atoms with Crippen LogP contribution in [0.3, 0.4) is 0 Å². The Labute approximate surface area is 528 Å². The van der Waals surface area contributed by atoms with E-state index in [-0.39, 0.29) is 68.2 Å². The summed E-state index contributed by atoms with van der Waals surface area (Å²) in [5, 5.41) is 87.0. The van der Waals surface area contributed by atoms with E-state index in [0.717, 1.165) is 55.7 Å². The smallest absolute Gasteiger partial charge is 0.326 e. The Kier molecular flexibility index (Phi) is 30.8. The number of nitrogens with zero attached hydrogens (tertiary/aromatic N) is 9. The molecule has 498 valence electrons. The summed E-state index contributed by atoms with van der Waals surface area (Å²) in [5.41, 5.74) is 1.29. The summed E-state index contributed by atoms with van der Waals surface area (Å²) in [5.74, 6) is -2.88. The second-order valence-electron chi connectivity index (χ2n) is 23.3. The molecular formula is C63H98N14O13. The third-order valence-electron chi connectivity index (χ3n) is 15.7. The molecule has 3 amide bonds. The van der Waals surface area contributed by atoms with Crippen LogP contribution in [0.1, 0.15) is 97.0 Å². The third-order valence-corrected chi connectivity index (χ3v) is 15.7. The fourth-order valence-corrected chi connectivity index (χ4v) is 10.5. The van der Waals surface area contributed by atoms with E-state index in [1.807, 2.05) is 97.1 Å². The number of aliphatic hydroxyl groups is 4. The predicted octanol–water partition coefficient (Wildman–Crippen LogP) is 5.53. The van der Waals surface area contributed by atoms with Crippen LogP contribution >= 0.6 is 0 Å². The second-order valence-corrected chi connectivity index (χ2v) is 23.3. The number of hydrogen-bond acceptors (Lipinski definition) is 21. The number of benzene rings is 2. The van der Waals surface area contributed by atoms with E-state index in [9.17, 15) is 54.6 Å². The molecule has 0 radical (unpaired) electrons. The summed E-state index contributed by atoms with van der Waals surface area (Å²) in [6.07, 6.45) is 8.16. The Morgan fingerprint density at radius 1 is 0.700 bits per heavy atom. The minimum absolute atomic E-state index is 0.0351. The summed E-state index contributed by atoms with van der Waals surface area (Å²) < 4.78 is 6.29. The zero-order valence-electron chi connectivity index (χ0n) is 53.2. The van der Waals surface area contributed by atoms with Crippen LogP contribution in [0.4, 0.5) is 34.0 Å². The van der Waals surface area contributed by atoms with Crippen molar-refractivity contribution in [2.45, 2.75) is 128 Å². The summed E-state index contributed by atoms with van der Waals surface area (Å²) in [6, 6.07) is 14.4. The molecule has 0 saturated carbocycles.